The second-order valence-corrected chi connectivity index (χ2v) is 7.63. The van der Waals surface area contributed by atoms with Crippen LogP contribution in [0.25, 0.3) is 0 Å². The van der Waals surface area contributed by atoms with E-state index < -0.39 is 0 Å². The van der Waals surface area contributed by atoms with Crippen LogP contribution in [0, 0.1) is 5.82 Å². The lowest BCUT2D eigenvalue weighted by Gasteiger charge is -2.31. The molecular weight excluding hydrogens is 391 g/mol. The van der Waals surface area contributed by atoms with Crippen LogP contribution in [0.4, 0.5) is 4.39 Å². The molecule has 5 heteroatoms. The Balaban J connectivity index is 1.73. The number of phenolic OH excluding ortho intramolecular Hbond substituents is 1. The summed E-state index contributed by atoms with van der Waals surface area (Å²) in [6, 6.07) is 20.2. The Morgan fingerprint density at radius 3 is 2.45 bits per heavy atom. The fourth-order valence-corrected chi connectivity index (χ4v) is 3.92. The standard InChI is InChI=1S/C26H27FN2O2/c1-3-17-8-10-18(11-9-17)22-16-23(21-6-5-7-24(25(21)30)31-4-2)29-26(28-22)19-12-14-20(27)15-13-19/h5-15,23,26,29-30H,3-4,16H2,1-2H3/t23-,26+/m1/s1. The van der Waals surface area contributed by atoms with Crippen LogP contribution < -0.4 is 10.1 Å². The molecule has 31 heavy (non-hydrogen) atoms. The van der Waals surface area contributed by atoms with Gasteiger partial charge in [0.25, 0.3) is 0 Å². The maximum atomic E-state index is 13.5. The van der Waals surface area contributed by atoms with Gasteiger partial charge in [-0.1, -0.05) is 55.5 Å². The van der Waals surface area contributed by atoms with E-state index in [1.807, 2.05) is 19.1 Å². The summed E-state index contributed by atoms with van der Waals surface area (Å²) in [4.78, 5) is 4.94. The number of aliphatic imine (C=N–C) groups is 1. The third-order valence-electron chi connectivity index (χ3n) is 5.63. The summed E-state index contributed by atoms with van der Waals surface area (Å²) in [7, 11) is 0. The van der Waals surface area contributed by atoms with Gasteiger partial charge in [0.2, 0.25) is 0 Å². The van der Waals surface area contributed by atoms with Crippen LogP contribution in [0.3, 0.4) is 0 Å². The molecule has 0 spiro atoms. The Bertz CT molecular complexity index is 1060. The molecule has 1 heterocycles. The van der Waals surface area contributed by atoms with E-state index in [4.69, 9.17) is 9.73 Å². The number of aryl methyl sites for hydroxylation is 1. The summed E-state index contributed by atoms with van der Waals surface area (Å²) >= 11 is 0. The third-order valence-corrected chi connectivity index (χ3v) is 5.63. The molecule has 0 saturated heterocycles. The maximum absolute atomic E-state index is 13.5. The molecule has 3 aromatic rings. The average Bonchev–Trinajstić information content (AvgIpc) is 2.81. The number of ether oxygens (including phenoxy) is 1. The molecule has 2 atom stereocenters. The number of hydrogen-bond donors (Lipinski definition) is 2. The Labute approximate surface area is 182 Å². The highest BCUT2D eigenvalue weighted by Gasteiger charge is 2.28. The summed E-state index contributed by atoms with van der Waals surface area (Å²) in [6.45, 7) is 4.50. The zero-order valence-electron chi connectivity index (χ0n) is 17.8. The van der Waals surface area contributed by atoms with Gasteiger partial charge in [0.05, 0.1) is 6.61 Å². The average molecular weight is 419 g/mol. The summed E-state index contributed by atoms with van der Waals surface area (Å²) in [5.74, 6) is 0.330. The number of nitrogens with zero attached hydrogens (tertiary/aromatic N) is 1. The highest BCUT2D eigenvalue weighted by atomic mass is 19.1. The molecule has 0 bridgehead atoms. The minimum Gasteiger partial charge on any atom is -0.504 e. The van der Waals surface area contributed by atoms with Gasteiger partial charge in [-0.2, -0.15) is 0 Å². The predicted molar refractivity (Wildman–Crippen MR) is 121 cm³/mol. The van der Waals surface area contributed by atoms with Crippen molar-refractivity contribution in [3.8, 4) is 11.5 Å². The number of phenols is 1. The Hall–Kier alpha value is -3.18. The topological polar surface area (TPSA) is 53.8 Å². The van der Waals surface area contributed by atoms with Gasteiger partial charge >= 0.3 is 0 Å². The summed E-state index contributed by atoms with van der Waals surface area (Å²) < 4.78 is 19.1. The minimum atomic E-state index is -0.352. The summed E-state index contributed by atoms with van der Waals surface area (Å²) in [5, 5.41) is 14.3. The quantitative estimate of drug-likeness (QED) is 0.539. The van der Waals surface area contributed by atoms with Crippen LogP contribution in [0.15, 0.2) is 71.7 Å². The maximum Gasteiger partial charge on any atom is 0.162 e. The smallest absolute Gasteiger partial charge is 0.162 e. The third kappa shape index (κ3) is 4.62. The van der Waals surface area contributed by atoms with Gasteiger partial charge in [0.1, 0.15) is 12.0 Å². The normalized spacial score (nSPS) is 18.5. The van der Waals surface area contributed by atoms with Crippen LogP contribution in [0.2, 0.25) is 0 Å². The van der Waals surface area contributed by atoms with Gasteiger partial charge in [0.15, 0.2) is 11.5 Å². The van der Waals surface area contributed by atoms with E-state index in [-0.39, 0.29) is 23.8 Å². The number of rotatable bonds is 6. The van der Waals surface area contributed by atoms with Gasteiger partial charge in [-0.15, -0.1) is 0 Å². The molecule has 1 aliphatic heterocycles. The first-order chi connectivity index (χ1) is 15.1. The Morgan fingerprint density at radius 2 is 1.77 bits per heavy atom. The fourth-order valence-electron chi connectivity index (χ4n) is 3.92. The van der Waals surface area contributed by atoms with E-state index in [2.05, 4.69) is 36.5 Å². The number of hydrogen-bond acceptors (Lipinski definition) is 4. The van der Waals surface area contributed by atoms with Gasteiger partial charge in [-0.25, -0.2) is 4.39 Å². The first-order valence-electron chi connectivity index (χ1n) is 10.7. The van der Waals surface area contributed by atoms with Crippen LogP contribution in [-0.4, -0.2) is 17.4 Å². The fraction of sp³-hybridized carbons (Fsp3) is 0.269. The highest BCUT2D eigenvalue weighted by Crippen LogP contribution is 2.38. The zero-order chi connectivity index (χ0) is 21.8. The Morgan fingerprint density at radius 1 is 1.03 bits per heavy atom. The number of nitrogens with one attached hydrogen (secondary N) is 1. The van der Waals surface area contributed by atoms with Crippen molar-refractivity contribution >= 4 is 5.71 Å². The minimum absolute atomic E-state index is 0.141. The second kappa shape index (κ2) is 9.31. The van der Waals surface area contributed by atoms with Crippen molar-refractivity contribution in [2.24, 2.45) is 4.99 Å². The molecule has 3 aromatic carbocycles. The van der Waals surface area contributed by atoms with E-state index in [0.29, 0.717) is 18.8 Å². The molecule has 0 aliphatic carbocycles. The van der Waals surface area contributed by atoms with E-state index in [1.165, 1.54) is 17.7 Å². The highest BCUT2D eigenvalue weighted by molar-refractivity contribution is 6.01. The molecule has 0 aromatic heterocycles. The first-order valence-corrected chi connectivity index (χ1v) is 10.7. The molecule has 2 N–H and O–H groups in total. The predicted octanol–water partition coefficient (Wildman–Crippen LogP) is 5.71. The van der Waals surface area contributed by atoms with Crippen molar-refractivity contribution in [3.05, 3.63) is 94.8 Å². The van der Waals surface area contributed by atoms with E-state index in [1.54, 1.807) is 18.2 Å². The molecule has 0 unspecified atom stereocenters. The Kier molecular flexibility index (Phi) is 6.33. The summed E-state index contributed by atoms with van der Waals surface area (Å²) in [6.07, 6.45) is 1.25. The largest absolute Gasteiger partial charge is 0.504 e. The van der Waals surface area contributed by atoms with Crippen molar-refractivity contribution in [2.45, 2.75) is 38.9 Å². The lowest BCUT2D eigenvalue weighted by Crippen LogP contribution is -2.33. The van der Waals surface area contributed by atoms with Gasteiger partial charge in [0, 0.05) is 23.7 Å². The molecular formula is C26H27FN2O2. The molecule has 4 nitrogen and oxygen atoms in total. The molecule has 1 aliphatic rings. The first kappa shape index (κ1) is 21.1. The molecule has 0 fully saturated rings. The zero-order valence-corrected chi connectivity index (χ0v) is 17.8. The van der Waals surface area contributed by atoms with Crippen molar-refractivity contribution < 1.29 is 14.2 Å². The molecule has 0 saturated carbocycles. The van der Waals surface area contributed by atoms with Crippen LogP contribution in [0.5, 0.6) is 11.5 Å². The summed E-state index contributed by atoms with van der Waals surface area (Å²) in [5.41, 5.74) is 4.90. The van der Waals surface area contributed by atoms with Crippen LogP contribution in [-0.2, 0) is 6.42 Å². The van der Waals surface area contributed by atoms with Crippen LogP contribution in [0.1, 0.15) is 54.7 Å². The van der Waals surface area contributed by atoms with E-state index in [9.17, 15) is 9.50 Å². The van der Waals surface area contributed by atoms with Crippen molar-refractivity contribution in [2.75, 3.05) is 6.61 Å². The number of halogens is 1. The van der Waals surface area contributed by atoms with Crippen molar-refractivity contribution in [1.29, 1.82) is 0 Å². The van der Waals surface area contributed by atoms with Crippen LogP contribution >= 0.6 is 0 Å². The van der Waals surface area contributed by atoms with E-state index in [0.717, 1.165) is 28.8 Å². The molecule has 0 amide bonds. The molecule has 4 rings (SSSR count). The number of aromatic hydroxyl groups is 1. The van der Waals surface area contributed by atoms with E-state index >= 15 is 0 Å². The monoisotopic (exact) mass is 418 g/mol. The lowest BCUT2D eigenvalue weighted by atomic mass is 9.93. The van der Waals surface area contributed by atoms with Crippen molar-refractivity contribution in [1.82, 2.24) is 5.32 Å². The van der Waals surface area contributed by atoms with Gasteiger partial charge in [-0.05, 0) is 48.2 Å². The van der Waals surface area contributed by atoms with Gasteiger partial charge < -0.3 is 9.84 Å². The lowest BCUT2D eigenvalue weighted by molar-refractivity contribution is 0.313. The molecule has 0 radical (unpaired) electrons. The second-order valence-electron chi connectivity index (χ2n) is 7.63. The van der Waals surface area contributed by atoms with Crippen molar-refractivity contribution in [3.63, 3.8) is 0 Å². The number of para-hydroxylation sites is 1. The SMILES string of the molecule is CCOc1cccc([C@H]2CC(c3ccc(CC)cc3)=N[C@H](c3ccc(F)cc3)N2)c1O. The number of benzene rings is 3. The molecule has 160 valence electrons. The van der Waals surface area contributed by atoms with Gasteiger partial charge in [-0.3, -0.25) is 10.3 Å².